The number of nitrogens with one attached hydrogen (secondary N) is 1. The van der Waals surface area contributed by atoms with Crippen LogP contribution in [0.1, 0.15) is 70.5 Å². The summed E-state index contributed by atoms with van der Waals surface area (Å²) in [6.45, 7) is 2.27. The second-order valence-electron chi connectivity index (χ2n) is 4.61. The minimum Gasteiger partial charge on any atom is -0.349 e. The SMILES string of the molecule is CCCCCCCCCCCc1ncc[nH]1.[Ni]. The molecule has 1 aromatic heterocycles. The maximum absolute atomic E-state index is 4.23. The van der Waals surface area contributed by atoms with Crippen LogP contribution in [0.25, 0.3) is 0 Å². The van der Waals surface area contributed by atoms with Crippen molar-refractivity contribution >= 4 is 0 Å². The van der Waals surface area contributed by atoms with Crippen LogP contribution in [-0.4, -0.2) is 9.97 Å². The van der Waals surface area contributed by atoms with E-state index in [-0.39, 0.29) is 16.5 Å². The second kappa shape index (κ2) is 12.2. The van der Waals surface area contributed by atoms with Crippen molar-refractivity contribution in [3.63, 3.8) is 0 Å². The Kier molecular flexibility index (Phi) is 12.0. The molecule has 0 amide bonds. The van der Waals surface area contributed by atoms with Crippen LogP contribution in [0.5, 0.6) is 0 Å². The van der Waals surface area contributed by atoms with E-state index in [4.69, 9.17) is 0 Å². The zero-order valence-electron chi connectivity index (χ0n) is 11.0. The molecule has 17 heavy (non-hydrogen) atoms. The second-order valence-corrected chi connectivity index (χ2v) is 4.61. The van der Waals surface area contributed by atoms with Gasteiger partial charge in [0, 0.05) is 35.3 Å². The molecule has 0 aromatic carbocycles. The van der Waals surface area contributed by atoms with Gasteiger partial charge in [-0.25, -0.2) is 4.98 Å². The van der Waals surface area contributed by atoms with Crippen molar-refractivity contribution < 1.29 is 16.5 Å². The van der Waals surface area contributed by atoms with E-state index in [2.05, 4.69) is 16.9 Å². The third kappa shape index (κ3) is 9.41. The van der Waals surface area contributed by atoms with Crippen LogP contribution >= 0.6 is 0 Å². The van der Waals surface area contributed by atoms with Gasteiger partial charge in [-0.2, -0.15) is 0 Å². The van der Waals surface area contributed by atoms with Gasteiger partial charge in [-0.3, -0.25) is 0 Å². The van der Waals surface area contributed by atoms with Crippen LogP contribution in [0.15, 0.2) is 12.4 Å². The van der Waals surface area contributed by atoms with Crippen molar-refractivity contribution in [2.24, 2.45) is 0 Å². The number of aromatic amines is 1. The molecular weight excluding hydrogens is 255 g/mol. The average molecular weight is 281 g/mol. The van der Waals surface area contributed by atoms with E-state index in [1.54, 1.807) is 0 Å². The number of imidazole rings is 1. The zero-order valence-corrected chi connectivity index (χ0v) is 12.0. The Morgan fingerprint density at radius 2 is 1.53 bits per heavy atom. The number of aromatic nitrogens is 2. The van der Waals surface area contributed by atoms with Gasteiger partial charge in [-0.05, 0) is 6.42 Å². The van der Waals surface area contributed by atoms with Crippen LogP contribution in [0.3, 0.4) is 0 Å². The summed E-state index contributed by atoms with van der Waals surface area (Å²) >= 11 is 0. The van der Waals surface area contributed by atoms with Crippen LogP contribution in [-0.2, 0) is 22.9 Å². The fourth-order valence-corrected chi connectivity index (χ4v) is 2.04. The monoisotopic (exact) mass is 280 g/mol. The standard InChI is InChI=1S/C14H26N2.Ni/c1-2-3-4-5-6-7-8-9-10-11-14-15-12-13-16-14;/h12-13H,2-11H2,1H3,(H,15,16);. The van der Waals surface area contributed by atoms with Crippen molar-refractivity contribution in [1.82, 2.24) is 9.97 Å². The Bertz CT molecular complexity index is 234. The smallest absolute Gasteiger partial charge is 0.105 e. The molecule has 2 nitrogen and oxygen atoms in total. The molecule has 1 N–H and O–H groups in total. The summed E-state index contributed by atoms with van der Waals surface area (Å²) in [4.78, 5) is 7.38. The predicted octanol–water partition coefficient (Wildman–Crippen LogP) is 4.48. The molecule has 1 heterocycles. The predicted molar refractivity (Wildman–Crippen MR) is 69.5 cm³/mol. The normalized spacial score (nSPS) is 10.2. The number of rotatable bonds is 10. The summed E-state index contributed by atoms with van der Waals surface area (Å²) in [6.07, 6.45) is 17.4. The van der Waals surface area contributed by atoms with Crippen molar-refractivity contribution in [2.45, 2.75) is 71.1 Å². The first-order chi connectivity index (χ1) is 7.93. The molecule has 1 aromatic rings. The third-order valence-electron chi connectivity index (χ3n) is 3.07. The van der Waals surface area contributed by atoms with Crippen LogP contribution in [0, 0.1) is 0 Å². The molecule has 0 bridgehead atoms. The van der Waals surface area contributed by atoms with Crippen molar-refractivity contribution in [1.29, 1.82) is 0 Å². The molecule has 0 radical (unpaired) electrons. The zero-order chi connectivity index (χ0) is 11.5. The van der Waals surface area contributed by atoms with Gasteiger partial charge in [0.05, 0.1) is 0 Å². The quantitative estimate of drug-likeness (QED) is 0.497. The molecule has 0 aliphatic rings. The van der Waals surface area contributed by atoms with Gasteiger partial charge in [0.25, 0.3) is 0 Å². The molecule has 1 rings (SSSR count). The Morgan fingerprint density at radius 1 is 0.941 bits per heavy atom. The number of unbranched alkanes of at least 4 members (excludes halogenated alkanes) is 8. The topological polar surface area (TPSA) is 28.7 Å². The van der Waals surface area contributed by atoms with Gasteiger partial charge < -0.3 is 4.98 Å². The Hall–Kier alpha value is -0.296. The van der Waals surface area contributed by atoms with E-state index < -0.39 is 0 Å². The molecule has 0 spiro atoms. The fourth-order valence-electron chi connectivity index (χ4n) is 2.04. The minimum absolute atomic E-state index is 0. The van der Waals surface area contributed by atoms with Gasteiger partial charge in [0.2, 0.25) is 0 Å². The van der Waals surface area contributed by atoms with Crippen LogP contribution in [0.2, 0.25) is 0 Å². The molecule has 0 saturated heterocycles. The van der Waals surface area contributed by atoms with Crippen molar-refractivity contribution in [2.75, 3.05) is 0 Å². The summed E-state index contributed by atoms with van der Waals surface area (Å²) in [6, 6.07) is 0. The van der Waals surface area contributed by atoms with E-state index in [1.807, 2.05) is 12.4 Å². The third-order valence-corrected chi connectivity index (χ3v) is 3.07. The van der Waals surface area contributed by atoms with E-state index >= 15 is 0 Å². The maximum atomic E-state index is 4.23. The summed E-state index contributed by atoms with van der Waals surface area (Å²) in [7, 11) is 0. The summed E-state index contributed by atoms with van der Waals surface area (Å²) in [5.41, 5.74) is 0. The Morgan fingerprint density at radius 3 is 2.06 bits per heavy atom. The van der Waals surface area contributed by atoms with Gasteiger partial charge in [-0.15, -0.1) is 0 Å². The van der Waals surface area contributed by atoms with Crippen LogP contribution in [0.4, 0.5) is 0 Å². The minimum atomic E-state index is 0. The number of hydrogen-bond donors (Lipinski definition) is 1. The first-order valence-electron chi connectivity index (χ1n) is 6.91. The van der Waals surface area contributed by atoms with Crippen LogP contribution < -0.4 is 0 Å². The summed E-state index contributed by atoms with van der Waals surface area (Å²) in [5.74, 6) is 1.14. The number of hydrogen-bond acceptors (Lipinski definition) is 1. The van der Waals surface area contributed by atoms with E-state index in [0.717, 1.165) is 12.2 Å². The molecule has 0 unspecified atom stereocenters. The molecule has 0 aliphatic carbocycles. The summed E-state index contributed by atoms with van der Waals surface area (Å²) < 4.78 is 0. The number of aryl methyl sites for hydroxylation is 1. The largest absolute Gasteiger partial charge is 0.349 e. The van der Waals surface area contributed by atoms with E-state index in [9.17, 15) is 0 Å². The Labute approximate surface area is 116 Å². The Balaban J connectivity index is 0.00000256. The maximum Gasteiger partial charge on any atom is 0.105 e. The first kappa shape index (κ1) is 16.7. The van der Waals surface area contributed by atoms with Gasteiger partial charge in [0.1, 0.15) is 5.82 Å². The molecule has 0 fully saturated rings. The van der Waals surface area contributed by atoms with Gasteiger partial charge in [0.15, 0.2) is 0 Å². The van der Waals surface area contributed by atoms with E-state index in [1.165, 1.54) is 57.8 Å². The van der Waals surface area contributed by atoms with E-state index in [0.29, 0.717) is 0 Å². The average Bonchev–Trinajstić information content (AvgIpc) is 2.80. The molecule has 102 valence electrons. The summed E-state index contributed by atoms with van der Waals surface area (Å²) in [5, 5.41) is 0. The van der Waals surface area contributed by atoms with Gasteiger partial charge >= 0.3 is 0 Å². The molecule has 0 saturated carbocycles. The molecular formula is C14H26N2Ni. The molecule has 0 atom stereocenters. The molecule has 0 aliphatic heterocycles. The first-order valence-corrected chi connectivity index (χ1v) is 6.91. The van der Waals surface area contributed by atoms with Crippen molar-refractivity contribution in [3.8, 4) is 0 Å². The van der Waals surface area contributed by atoms with Gasteiger partial charge in [-0.1, -0.05) is 58.3 Å². The number of nitrogens with zero attached hydrogens (tertiary/aromatic N) is 1. The molecule has 3 heteroatoms. The number of H-pyrrole nitrogens is 1. The fraction of sp³-hybridized carbons (Fsp3) is 0.786. The van der Waals surface area contributed by atoms with Crippen molar-refractivity contribution in [3.05, 3.63) is 18.2 Å².